The Morgan fingerprint density at radius 1 is 1.38 bits per heavy atom. The van der Waals surface area contributed by atoms with Crippen LogP contribution in [0, 0.1) is 0 Å². The standard InChI is InChI=1S/C13H15BrN2O5/c1-3-15-13(20)16-11(17)7(2)21-10-5-4-8(14)6-9(10)12(18)19/h4-7H,3H2,1-2H3,(H,18,19)(H2,15,16,17,20). The van der Waals surface area contributed by atoms with Crippen LogP contribution in [-0.2, 0) is 4.79 Å². The third-order valence-corrected chi connectivity index (χ3v) is 2.91. The van der Waals surface area contributed by atoms with E-state index in [1.165, 1.54) is 19.1 Å². The lowest BCUT2D eigenvalue weighted by molar-refractivity contribution is -0.126. The predicted molar refractivity (Wildman–Crippen MR) is 78.4 cm³/mol. The topological polar surface area (TPSA) is 105 Å². The van der Waals surface area contributed by atoms with Crippen molar-refractivity contribution in [3.8, 4) is 5.75 Å². The molecule has 0 radical (unpaired) electrons. The summed E-state index contributed by atoms with van der Waals surface area (Å²) >= 11 is 3.16. The largest absolute Gasteiger partial charge is 0.480 e. The molecule has 1 atom stereocenters. The van der Waals surface area contributed by atoms with E-state index in [1.54, 1.807) is 13.0 Å². The lowest BCUT2D eigenvalue weighted by atomic mass is 10.2. The summed E-state index contributed by atoms with van der Waals surface area (Å²) < 4.78 is 5.88. The van der Waals surface area contributed by atoms with Crippen molar-refractivity contribution in [2.24, 2.45) is 0 Å². The molecule has 0 saturated carbocycles. The Morgan fingerprint density at radius 2 is 2.05 bits per heavy atom. The van der Waals surface area contributed by atoms with Crippen LogP contribution in [0.25, 0.3) is 0 Å². The Balaban J connectivity index is 2.79. The van der Waals surface area contributed by atoms with E-state index in [9.17, 15) is 14.4 Å². The van der Waals surface area contributed by atoms with Gasteiger partial charge in [0, 0.05) is 11.0 Å². The van der Waals surface area contributed by atoms with Gasteiger partial charge in [0.1, 0.15) is 11.3 Å². The minimum atomic E-state index is -1.18. The van der Waals surface area contributed by atoms with Crippen LogP contribution in [0.5, 0.6) is 5.75 Å². The van der Waals surface area contributed by atoms with E-state index in [0.29, 0.717) is 11.0 Å². The van der Waals surface area contributed by atoms with E-state index in [0.717, 1.165) is 0 Å². The predicted octanol–water partition coefficient (Wildman–Crippen LogP) is 1.76. The van der Waals surface area contributed by atoms with Gasteiger partial charge in [-0.25, -0.2) is 9.59 Å². The second kappa shape index (κ2) is 7.63. The maximum atomic E-state index is 11.7. The third-order valence-electron chi connectivity index (χ3n) is 2.42. The van der Waals surface area contributed by atoms with Gasteiger partial charge >= 0.3 is 12.0 Å². The number of carbonyl (C=O) groups is 3. The first-order valence-corrected chi connectivity index (χ1v) is 6.92. The molecule has 0 aliphatic rings. The highest BCUT2D eigenvalue weighted by Crippen LogP contribution is 2.24. The van der Waals surface area contributed by atoms with Crippen LogP contribution >= 0.6 is 15.9 Å². The molecule has 0 aliphatic heterocycles. The molecule has 7 nitrogen and oxygen atoms in total. The molecule has 3 N–H and O–H groups in total. The molecule has 1 rings (SSSR count). The molecule has 0 fully saturated rings. The Hall–Kier alpha value is -2.09. The van der Waals surface area contributed by atoms with Gasteiger partial charge < -0.3 is 15.2 Å². The van der Waals surface area contributed by atoms with Gasteiger partial charge in [-0.2, -0.15) is 0 Å². The molecule has 0 aromatic heterocycles. The lowest BCUT2D eigenvalue weighted by Crippen LogP contribution is -2.45. The van der Waals surface area contributed by atoms with Crippen molar-refractivity contribution < 1.29 is 24.2 Å². The molecule has 0 bridgehead atoms. The summed E-state index contributed by atoms with van der Waals surface area (Å²) in [7, 11) is 0. The van der Waals surface area contributed by atoms with Crippen LogP contribution in [0.2, 0.25) is 0 Å². The number of carboxylic acid groups (broad SMARTS) is 1. The Labute approximate surface area is 129 Å². The first kappa shape index (κ1) is 17.0. The quantitative estimate of drug-likeness (QED) is 0.743. The maximum absolute atomic E-state index is 11.7. The van der Waals surface area contributed by atoms with Crippen LogP contribution < -0.4 is 15.4 Å². The number of carboxylic acids is 1. The molecule has 1 unspecified atom stereocenters. The number of imide groups is 1. The highest BCUT2D eigenvalue weighted by molar-refractivity contribution is 9.10. The molecular weight excluding hydrogens is 344 g/mol. The summed E-state index contributed by atoms with van der Waals surface area (Å²) in [5, 5.41) is 13.6. The molecule has 1 aromatic carbocycles. The van der Waals surface area contributed by atoms with E-state index >= 15 is 0 Å². The van der Waals surface area contributed by atoms with Crippen molar-refractivity contribution in [1.29, 1.82) is 0 Å². The summed E-state index contributed by atoms with van der Waals surface area (Å²) in [5.74, 6) is -1.80. The van der Waals surface area contributed by atoms with Gasteiger partial charge in [-0.3, -0.25) is 10.1 Å². The third kappa shape index (κ3) is 5.07. The summed E-state index contributed by atoms with van der Waals surface area (Å²) in [6, 6.07) is 3.76. The molecule has 0 saturated heterocycles. The maximum Gasteiger partial charge on any atom is 0.339 e. The highest BCUT2D eigenvalue weighted by atomic mass is 79.9. The number of rotatable bonds is 5. The fourth-order valence-electron chi connectivity index (χ4n) is 1.43. The fraction of sp³-hybridized carbons (Fsp3) is 0.308. The second-order valence-corrected chi connectivity index (χ2v) is 4.97. The highest BCUT2D eigenvalue weighted by Gasteiger charge is 2.20. The zero-order chi connectivity index (χ0) is 16.0. The molecule has 0 aliphatic carbocycles. The van der Waals surface area contributed by atoms with Gasteiger partial charge in [-0.1, -0.05) is 15.9 Å². The van der Waals surface area contributed by atoms with Gasteiger partial charge in [0.2, 0.25) is 0 Å². The normalized spacial score (nSPS) is 11.4. The molecule has 0 heterocycles. The molecule has 21 heavy (non-hydrogen) atoms. The van der Waals surface area contributed by atoms with Gasteiger partial charge in [-0.05, 0) is 32.0 Å². The van der Waals surface area contributed by atoms with Crippen molar-refractivity contribution in [3.05, 3.63) is 28.2 Å². The molecule has 114 valence electrons. The number of halogens is 1. The van der Waals surface area contributed by atoms with Gasteiger partial charge in [0.15, 0.2) is 6.10 Å². The Bertz CT molecular complexity index is 561. The van der Waals surface area contributed by atoms with Crippen molar-refractivity contribution in [2.75, 3.05) is 6.54 Å². The second-order valence-electron chi connectivity index (χ2n) is 4.05. The minimum absolute atomic E-state index is 0.0456. The Kier molecular flexibility index (Phi) is 6.16. The number of benzene rings is 1. The van der Waals surface area contributed by atoms with E-state index in [2.05, 4.69) is 26.6 Å². The van der Waals surface area contributed by atoms with Gasteiger partial charge in [0.25, 0.3) is 5.91 Å². The number of hydrogen-bond acceptors (Lipinski definition) is 4. The average Bonchev–Trinajstić information content (AvgIpc) is 2.40. The van der Waals surface area contributed by atoms with E-state index in [-0.39, 0.29) is 11.3 Å². The zero-order valence-corrected chi connectivity index (χ0v) is 13.1. The van der Waals surface area contributed by atoms with E-state index in [4.69, 9.17) is 9.84 Å². The smallest absolute Gasteiger partial charge is 0.339 e. The van der Waals surface area contributed by atoms with Crippen LogP contribution in [0.3, 0.4) is 0 Å². The number of ether oxygens (including phenoxy) is 1. The number of nitrogens with one attached hydrogen (secondary N) is 2. The number of hydrogen-bond donors (Lipinski definition) is 3. The molecule has 3 amide bonds. The van der Waals surface area contributed by atoms with Gasteiger partial charge in [0.05, 0.1) is 0 Å². The van der Waals surface area contributed by atoms with Crippen molar-refractivity contribution in [3.63, 3.8) is 0 Å². The van der Waals surface area contributed by atoms with E-state index in [1.807, 2.05) is 0 Å². The fourth-order valence-corrected chi connectivity index (χ4v) is 1.80. The first-order valence-electron chi connectivity index (χ1n) is 6.13. The lowest BCUT2D eigenvalue weighted by Gasteiger charge is -2.16. The van der Waals surface area contributed by atoms with Crippen LogP contribution in [-0.4, -0.2) is 35.7 Å². The molecule has 8 heteroatoms. The number of aromatic carboxylic acids is 1. The molecular formula is C13H15BrN2O5. The molecule has 0 spiro atoms. The van der Waals surface area contributed by atoms with Crippen LogP contribution in [0.4, 0.5) is 4.79 Å². The monoisotopic (exact) mass is 358 g/mol. The Morgan fingerprint density at radius 3 is 2.62 bits per heavy atom. The van der Waals surface area contributed by atoms with Crippen molar-refractivity contribution >= 4 is 33.8 Å². The van der Waals surface area contributed by atoms with Crippen LogP contribution in [0.1, 0.15) is 24.2 Å². The minimum Gasteiger partial charge on any atom is -0.480 e. The van der Waals surface area contributed by atoms with Crippen molar-refractivity contribution in [2.45, 2.75) is 20.0 Å². The number of amides is 3. The molecule has 1 aromatic rings. The van der Waals surface area contributed by atoms with Gasteiger partial charge in [-0.15, -0.1) is 0 Å². The average molecular weight is 359 g/mol. The first-order chi connectivity index (χ1) is 9.85. The van der Waals surface area contributed by atoms with Crippen LogP contribution in [0.15, 0.2) is 22.7 Å². The van der Waals surface area contributed by atoms with Crippen molar-refractivity contribution in [1.82, 2.24) is 10.6 Å². The summed E-state index contributed by atoms with van der Waals surface area (Å²) in [6.45, 7) is 3.51. The zero-order valence-electron chi connectivity index (χ0n) is 11.5. The number of urea groups is 1. The summed E-state index contributed by atoms with van der Waals surface area (Å²) in [5.41, 5.74) is -0.0814. The van der Waals surface area contributed by atoms with E-state index < -0.39 is 24.0 Å². The number of carbonyl (C=O) groups excluding carboxylic acids is 2. The SMILES string of the molecule is CCNC(=O)NC(=O)C(C)Oc1ccc(Br)cc1C(=O)O. The summed E-state index contributed by atoms with van der Waals surface area (Å²) in [4.78, 5) is 34.1. The summed E-state index contributed by atoms with van der Waals surface area (Å²) in [6.07, 6.45) is -1.02.